The Hall–Kier alpha value is -0.970. The van der Waals surface area contributed by atoms with Gasteiger partial charge in [-0.3, -0.25) is 0 Å². The van der Waals surface area contributed by atoms with Crippen molar-refractivity contribution in [3.05, 3.63) is 50.0 Å². The van der Waals surface area contributed by atoms with Crippen LogP contribution in [-0.2, 0) is 0 Å². The van der Waals surface area contributed by atoms with Gasteiger partial charge in [-0.15, -0.1) is 0 Å². The molecule has 0 radical (unpaired) electrons. The van der Waals surface area contributed by atoms with Crippen LogP contribution >= 0.6 is 39.1 Å². The van der Waals surface area contributed by atoms with E-state index in [1.54, 1.807) is 12.3 Å². The van der Waals surface area contributed by atoms with Crippen LogP contribution in [0.25, 0.3) is 0 Å². The fourth-order valence-electron chi connectivity index (χ4n) is 1.83. The molecule has 0 bridgehead atoms. The topological polar surface area (TPSA) is 50.9 Å². The molecule has 1 unspecified atom stereocenters. The number of pyridine rings is 1. The number of rotatable bonds is 3. The number of nitrogen functional groups attached to an aromatic ring is 1. The van der Waals surface area contributed by atoms with E-state index in [4.69, 9.17) is 28.9 Å². The molecule has 0 saturated carbocycles. The van der Waals surface area contributed by atoms with Crippen LogP contribution in [0.15, 0.2) is 28.9 Å². The van der Waals surface area contributed by atoms with Crippen molar-refractivity contribution in [1.82, 2.24) is 4.98 Å². The number of halogens is 3. The van der Waals surface area contributed by atoms with Gasteiger partial charge in [-0.1, -0.05) is 29.3 Å². The quantitative estimate of drug-likeness (QED) is 0.774. The molecule has 3 nitrogen and oxygen atoms in total. The van der Waals surface area contributed by atoms with E-state index in [0.717, 1.165) is 21.4 Å². The van der Waals surface area contributed by atoms with E-state index in [1.807, 2.05) is 26.0 Å². The van der Waals surface area contributed by atoms with Crippen molar-refractivity contribution in [2.24, 2.45) is 0 Å². The minimum absolute atomic E-state index is 0.00779. The Morgan fingerprint density at radius 2 is 2.05 bits per heavy atom. The predicted octanol–water partition coefficient (Wildman–Crippen LogP) is 5.21. The molecule has 20 heavy (non-hydrogen) atoms. The maximum absolute atomic E-state index is 6.21. The van der Waals surface area contributed by atoms with Gasteiger partial charge < -0.3 is 11.1 Å². The lowest BCUT2D eigenvalue weighted by molar-refractivity contribution is 0.872. The minimum Gasteiger partial charge on any atom is -0.397 e. The lowest BCUT2D eigenvalue weighted by Crippen LogP contribution is -2.10. The molecule has 1 aromatic carbocycles. The molecular weight excluding hydrogens is 361 g/mol. The highest BCUT2D eigenvalue weighted by Crippen LogP contribution is 2.32. The van der Waals surface area contributed by atoms with Gasteiger partial charge in [0.1, 0.15) is 5.82 Å². The van der Waals surface area contributed by atoms with Crippen LogP contribution in [0.2, 0.25) is 10.0 Å². The highest BCUT2D eigenvalue weighted by atomic mass is 79.9. The molecule has 0 aliphatic rings. The molecular formula is C14H14BrCl2N3. The molecule has 0 amide bonds. The van der Waals surface area contributed by atoms with Crippen LogP contribution < -0.4 is 11.1 Å². The molecule has 3 N–H and O–H groups in total. The first kappa shape index (κ1) is 15.4. The summed E-state index contributed by atoms with van der Waals surface area (Å²) in [5.74, 6) is 0.732. The number of nitrogens with zero attached hydrogens (tertiary/aromatic N) is 1. The Morgan fingerprint density at radius 1 is 1.35 bits per heavy atom. The van der Waals surface area contributed by atoms with E-state index < -0.39 is 0 Å². The van der Waals surface area contributed by atoms with Crippen molar-refractivity contribution in [3.63, 3.8) is 0 Å². The highest BCUT2D eigenvalue weighted by Gasteiger charge is 2.14. The number of hydrogen-bond acceptors (Lipinski definition) is 3. The van der Waals surface area contributed by atoms with Crippen molar-refractivity contribution >= 4 is 50.6 Å². The van der Waals surface area contributed by atoms with Gasteiger partial charge in [0.05, 0.1) is 22.4 Å². The molecule has 1 atom stereocenters. The molecule has 0 aliphatic carbocycles. The smallest absolute Gasteiger partial charge is 0.141 e. The second-order valence-electron chi connectivity index (χ2n) is 4.53. The van der Waals surface area contributed by atoms with Gasteiger partial charge in [0, 0.05) is 10.0 Å². The van der Waals surface area contributed by atoms with Crippen LogP contribution in [0.4, 0.5) is 11.5 Å². The molecule has 0 spiro atoms. The van der Waals surface area contributed by atoms with Gasteiger partial charge in [0.2, 0.25) is 0 Å². The van der Waals surface area contributed by atoms with Crippen LogP contribution in [0.1, 0.15) is 24.1 Å². The Kier molecular flexibility index (Phi) is 4.78. The molecule has 1 heterocycles. The van der Waals surface area contributed by atoms with E-state index in [1.165, 1.54) is 0 Å². The SMILES string of the molecule is Cc1c(N)cnc(NC(C)c2ccc(Cl)cc2Cl)c1Br. The first-order chi connectivity index (χ1) is 9.40. The molecule has 0 saturated heterocycles. The maximum Gasteiger partial charge on any atom is 0.141 e. The molecule has 2 aromatic rings. The molecule has 0 fully saturated rings. The maximum atomic E-state index is 6.21. The molecule has 106 valence electrons. The minimum atomic E-state index is -0.00779. The van der Waals surface area contributed by atoms with Gasteiger partial charge in [-0.2, -0.15) is 0 Å². The number of aromatic nitrogens is 1. The number of nitrogens with one attached hydrogen (secondary N) is 1. The number of anilines is 2. The van der Waals surface area contributed by atoms with E-state index in [0.29, 0.717) is 15.7 Å². The number of benzene rings is 1. The summed E-state index contributed by atoms with van der Waals surface area (Å²) in [5.41, 5.74) is 8.38. The molecule has 6 heteroatoms. The summed E-state index contributed by atoms with van der Waals surface area (Å²) in [6, 6.07) is 5.44. The summed E-state index contributed by atoms with van der Waals surface area (Å²) < 4.78 is 0.856. The second-order valence-corrected chi connectivity index (χ2v) is 6.17. The summed E-state index contributed by atoms with van der Waals surface area (Å²) in [6.07, 6.45) is 1.64. The van der Waals surface area contributed by atoms with Gasteiger partial charge in [-0.05, 0) is 53.0 Å². The van der Waals surface area contributed by atoms with Crippen molar-refractivity contribution in [2.75, 3.05) is 11.1 Å². The Balaban J connectivity index is 2.28. The largest absolute Gasteiger partial charge is 0.397 e. The fraction of sp³-hybridized carbons (Fsp3) is 0.214. The van der Waals surface area contributed by atoms with E-state index >= 15 is 0 Å². The first-order valence-electron chi connectivity index (χ1n) is 6.02. The number of nitrogens with two attached hydrogens (primary N) is 1. The standard InChI is InChI=1S/C14H14BrCl2N3/c1-7-12(18)6-19-14(13(7)15)20-8(2)10-4-3-9(16)5-11(10)17/h3-6,8H,18H2,1-2H3,(H,19,20). The third-order valence-electron chi connectivity index (χ3n) is 3.09. The summed E-state index contributed by atoms with van der Waals surface area (Å²) in [4.78, 5) is 4.30. The zero-order valence-corrected chi connectivity index (χ0v) is 14.1. The average Bonchev–Trinajstić information content (AvgIpc) is 2.39. The molecule has 1 aromatic heterocycles. The summed E-state index contributed by atoms with van der Waals surface area (Å²) >= 11 is 15.6. The van der Waals surface area contributed by atoms with Crippen LogP contribution in [0, 0.1) is 6.92 Å². The zero-order valence-electron chi connectivity index (χ0n) is 11.0. The van der Waals surface area contributed by atoms with Crippen molar-refractivity contribution in [1.29, 1.82) is 0 Å². The highest BCUT2D eigenvalue weighted by molar-refractivity contribution is 9.10. The van der Waals surface area contributed by atoms with Crippen LogP contribution in [-0.4, -0.2) is 4.98 Å². The van der Waals surface area contributed by atoms with Gasteiger partial charge in [0.25, 0.3) is 0 Å². The van der Waals surface area contributed by atoms with E-state index in [-0.39, 0.29) is 6.04 Å². The second kappa shape index (κ2) is 6.20. The Labute approximate surface area is 136 Å². The van der Waals surface area contributed by atoms with Gasteiger partial charge >= 0.3 is 0 Å². The monoisotopic (exact) mass is 373 g/mol. The first-order valence-corrected chi connectivity index (χ1v) is 7.57. The fourth-order valence-corrected chi connectivity index (χ4v) is 2.85. The Morgan fingerprint density at radius 3 is 2.70 bits per heavy atom. The molecule has 0 aliphatic heterocycles. The lowest BCUT2D eigenvalue weighted by atomic mass is 10.1. The molecule has 2 rings (SSSR count). The Bertz CT molecular complexity index is 647. The predicted molar refractivity (Wildman–Crippen MR) is 89.6 cm³/mol. The zero-order chi connectivity index (χ0) is 14.9. The number of hydrogen-bond donors (Lipinski definition) is 2. The van der Waals surface area contributed by atoms with Crippen LogP contribution in [0.5, 0.6) is 0 Å². The van der Waals surface area contributed by atoms with Crippen molar-refractivity contribution in [2.45, 2.75) is 19.9 Å². The van der Waals surface area contributed by atoms with Gasteiger partial charge in [0.15, 0.2) is 0 Å². The lowest BCUT2D eigenvalue weighted by Gasteiger charge is -2.18. The van der Waals surface area contributed by atoms with Gasteiger partial charge in [-0.25, -0.2) is 4.98 Å². The third-order valence-corrected chi connectivity index (χ3v) is 4.62. The van der Waals surface area contributed by atoms with Crippen molar-refractivity contribution in [3.8, 4) is 0 Å². The van der Waals surface area contributed by atoms with Crippen molar-refractivity contribution < 1.29 is 0 Å². The van der Waals surface area contributed by atoms with E-state index in [9.17, 15) is 0 Å². The normalized spacial score (nSPS) is 12.2. The summed E-state index contributed by atoms with van der Waals surface area (Å²) in [6.45, 7) is 3.95. The average molecular weight is 375 g/mol. The van der Waals surface area contributed by atoms with E-state index in [2.05, 4.69) is 26.2 Å². The third kappa shape index (κ3) is 3.19. The summed E-state index contributed by atoms with van der Waals surface area (Å²) in [7, 11) is 0. The summed E-state index contributed by atoms with van der Waals surface area (Å²) in [5, 5.41) is 4.56. The van der Waals surface area contributed by atoms with Crippen LogP contribution in [0.3, 0.4) is 0 Å².